The van der Waals surface area contributed by atoms with E-state index in [2.05, 4.69) is 25.6 Å². The number of carbonyl (C=O) groups is 2. The Balaban J connectivity index is 1.54. The highest BCUT2D eigenvalue weighted by Crippen LogP contribution is 2.23. The summed E-state index contributed by atoms with van der Waals surface area (Å²) in [6.07, 6.45) is 4.21. The molecule has 3 aromatic heterocycles. The van der Waals surface area contributed by atoms with E-state index in [-0.39, 0.29) is 17.8 Å². The van der Waals surface area contributed by atoms with Gasteiger partial charge in [-0.05, 0) is 32.9 Å². The number of fused-ring (bicyclic) bond motifs is 1. The minimum Gasteiger partial charge on any atom is -0.447 e. The van der Waals surface area contributed by atoms with Crippen molar-refractivity contribution in [1.82, 2.24) is 19.4 Å². The Kier molecular flexibility index (Phi) is 5.59. The van der Waals surface area contributed by atoms with E-state index in [4.69, 9.17) is 9.15 Å². The van der Waals surface area contributed by atoms with Crippen molar-refractivity contribution in [2.75, 3.05) is 10.6 Å². The number of aromatic nitrogens is 4. The molecule has 0 saturated heterocycles. The van der Waals surface area contributed by atoms with Gasteiger partial charge in [0.05, 0.1) is 29.4 Å². The molecule has 1 aromatic carbocycles. The second-order valence-corrected chi connectivity index (χ2v) is 7.44. The molecule has 3 heterocycles. The number of imidazole rings is 1. The quantitative estimate of drug-likeness (QED) is 0.482. The number of rotatable bonds is 5. The minimum absolute atomic E-state index is 0.181. The van der Waals surface area contributed by atoms with Crippen LogP contribution in [-0.2, 0) is 4.74 Å². The number of nitrogens with one attached hydrogen (secondary N) is 2. The van der Waals surface area contributed by atoms with Crippen LogP contribution in [-0.4, -0.2) is 37.5 Å². The number of hydrogen-bond acceptors (Lipinski definition) is 7. The Morgan fingerprint density at radius 1 is 1.09 bits per heavy atom. The number of ether oxygens (including phenoxy) is 1. The van der Waals surface area contributed by atoms with E-state index < -0.39 is 6.09 Å². The lowest BCUT2D eigenvalue weighted by Gasteiger charge is -2.09. The summed E-state index contributed by atoms with van der Waals surface area (Å²) in [7, 11) is 0. The van der Waals surface area contributed by atoms with Gasteiger partial charge < -0.3 is 14.5 Å². The second kappa shape index (κ2) is 8.50. The van der Waals surface area contributed by atoms with E-state index in [1.54, 1.807) is 56.6 Å². The summed E-state index contributed by atoms with van der Waals surface area (Å²) in [5.41, 5.74) is 3.04. The molecule has 0 fully saturated rings. The fraction of sp³-hybridized carbons (Fsp3) is 0.227. The van der Waals surface area contributed by atoms with E-state index in [9.17, 15) is 9.59 Å². The smallest absolute Gasteiger partial charge is 0.411 e. The van der Waals surface area contributed by atoms with Gasteiger partial charge in [-0.1, -0.05) is 12.1 Å². The first-order valence-electron chi connectivity index (χ1n) is 9.96. The van der Waals surface area contributed by atoms with Gasteiger partial charge in [0.2, 0.25) is 11.5 Å². The molecule has 10 heteroatoms. The van der Waals surface area contributed by atoms with E-state index in [1.807, 2.05) is 12.1 Å². The van der Waals surface area contributed by atoms with E-state index in [0.29, 0.717) is 34.4 Å². The van der Waals surface area contributed by atoms with Crippen LogP contribution in [0.5, 0.6) is 0 Å². The maximum absolute atomic E-state index is 12.5. The lowest BCUT2D eigenvalue weighted by atomic mass is 10.1. The van der Waals surface area contributed by atoms with Crippen LogP contribution in [0.1, 0.15) is 36.0 Å². The predicted molar refractivity (Wildman–Crippen MR) is 118 cm³/mol. The Bertz CT molecular complexity index is 1310. The standard InChI is InChI=1S/C22H22N6O4/c1-12(2)31-22(30)26-17-9-23-21-27-18(11-28(21)10-17)15-6-5-7-16(8-15)25-20(29)19-13(3)24-14(4)32-19/h5-12H,1-4H3,(H,25,29)(H,26,30). The zero-order valence-electron chi connectivity index (χ0n) is 18.0. The third kappa shape index (κ3) is 4.59. The van der Waals surface area contributed by atoms with Gasteiger partial charge in [-0.15, -0.1) is 0 Å². The summed E-state index contributed by atoms with van der Waals surface area (Å²) in [5.74, 6) is 0.705. The molecule has 4 aromatic rings. The van der Waals surface area contributed by atoms with Crippen molar-refractivity contribution in [3.63, 3.8) is 0 Å². The highest BCUT2D eigenvalue weighted by atomic mass is 16.6. The molecule has 0 aliphatic heterocycles. The van der Waals surface area contributed by atoms with E-state index in [1.165, 1.54) is 6.20 Å². The Labute approximate surface area is 183 Å². The molecule has 0 aliphatic rings. The van der Waals surface area contributed by atoms with Crippen molar-refractivity contribution in [3.05, 3.63) is 60.2 Å². The molecule has 10 nitrogen and oxygen atoms in total. The van der Waals surface area contributed by atoms with Crippen LogP contribution in [0, 0.1) is 13.8 Å². The molecular formula is C22H22N6O4. The topological polar surface area (TPSA) is 124 Å². The molecule has 0 spiro atoms. The molecule has 0 aliphatic carbocycles. The lowest BCUT2D eigenvalue weighted by Crippen LogP contribution is -2.18. The second-order valence-electron chi connectivity index (χ2n) is 7.44. The normalized spacial score (nSPS) is 11.0. The van der Waals surface area contributed by atoms with Gasteiger partial charge in [0.1, 0.15) is 0 Å². The van der Waals surface area contributed by atoms with Crippen LogP contribution >= 0.6 is 0 Å². The molecule has 0 bridgehead atoms. The van der Waals surface area contributed by atoms with Crippen molar-refractivity contribution in [1.29, 1.82) is 0 Å². The summed E-state index contributed by atoms with van der Waals surface area (Å²) in [4.78, 5) is 37.2. The SMILES string of the molecule is Cc1nc(C)c(C(=O)Nc2cccc(-c3cn4cc(NC(=O)OC(C)C)cnc4n3)c2)o1. The molecular weight excluding hydrogens is 412 g/mol. The van der Waals surface area contributed by atoms with Crippen LogP contribution in [0.25, 0.3) is 17.0 Å². The number of carbonyl (C=O) groups excluding carboxylic acids is 2. The third-order valence-corrected chi connectivity index (χ3v) is 4.43. The fourth-order valence-electron chi connectivity index (χ4n) is 3.14. The lowest BCUT2D eigenvalue weighted by molar-refractivity contribution is 0.0994. The number of benzene rings is 1. The number of oxazole rings is 1. The van der Waals surface area contributed by atoms with Crippen LogP contribution in [0.4, 0.5) is 16.2 Å². The largest absolute Gasteiger partial charge is 0.447 e. The summed E-state index contributed by atoms with van der Waals surface area (Å²) in [6, 6.07) is 7.27. The van der Waals surface area contributed by atoms with E-state index >= 15 is 0 Å². The molecule has 0 atom stereocenters. The molecule has 32 heavy (non-hydrogen) atoms. The maximum atomic E-state index is 12.5. The van der Waals surface area contributed by atoms with Crippen LogP contribution in [0.15, 0.2) is 47.3 Å². The minimum atomic E-state index is -0.554. The molecule has 2 amide bonds. The van der Waals surface area contributed by atoms with Gasteiger partial charge in [0, 0.05) is 30.6 Å². The van der Waals surface area contributed by atoms with Crippen molar-refractivity contribution in [2.45, 2.75) is 33.8 Å². The molecule has 0 saturated carbocycles. The summed E-state index contributed by atoms with van der Waals surface area (Å²) >= 11 is 0. The number of aryl methyl sites for hydroxylation is 2. The summed E-state index contributed by atoms with van der Waals surface area (Å²) in [6.45, 7) is 6.95. The Morgan fingerprint density at radius 3 is 2.62 bits per heavy atom. The number of amides is 2. The molecule has 0 radical (unpaired) electrons. The molecule has 4 rings (SSSR count). The Hall–Kier alpha value is -4.21. The number of hydrogen-bond donors (Lipinski definition) is 2. The van der Waals surface area contributed by atoms with Gasteiger partial charge in [0.25, 0.3) is 5.91 Å². The number of nitrogens with zero attached hydrogens (tertiary/aromatic N) is 4. The van der Waals surface area contributed by atoms with Gasteiger partial charge in [0.15, 0.2) is 5.89 Å². The van der Waals surface area contributed by atoms with Gasteiger partial charge in [-0.25, -0.2) is 19.7 Å². The van der Waals surface area contributed by atoms with Crippen LogP contribution < -0.4 is 10.6 Å². The summed E-state index contributed by atoms with van der Waals surface area (Å²) < 4.78 is 12.2. The average molecular weight is 434 g/mol. The zero-order chi connectivity index (χ0) is 22.8. The van der Waals surface area contributed by atoms with Crippen molar-refractivity contribution in [3.8, 4) is 11.3 Å². The first kappa shape index (κ1) is 21.0. The van der Waals surface area contributed by atoms with E-state index in [0.717, 1.165) is 5.56 Å². The van der Waals surface area contributed by atoms with Crippen molar-refractivity contribution in [2.24, 2.45) is 0 Å². The predicted octanol–water partition coefficient (Wildman–Crippen LogP) is 4.21. The highest BCUT2D eigenvalue weighted by molar-refractivity contribution is 6.03. The average Bonchev–Trinajstić information content (AvgIpc) is 3.29. The highest BCUT2D eigenvalue weighted by Gasteiger charge is 2.16. The first-order chi connectivity index (χ1) is 15.3. The van der Waals surface area contributed by atoms with Crippen molar-refractivity contribution < 1.29 is 18.7 Å². The molecule has 0 unspecified atom stereocenters. The van der Waals surface area contributed by atoms with Gasteiger partial charge >= 0.3 is 6.09 Å². The van der Waals surface area contributed by atoms with Crippen LogP contribution in [0.3, 0.4) is 0 Å². The third-order valence-electron chi connectivity index (χ3n) is 4.43. The maximum Gasteiger partial charge on any atom is 0.411 e. The van der Waals surface area contributed by atoms with Crippen molar-refractivity contribution >= 4 is 29.2 Å². The van der Waals surface area contributed by atoms with Gasteiger partial charge in [-0.3, -0.25) is 14.5 Å². The molecule has 2 N–H and O–H groups in total. The fourth-order valence-corrected chi connectivity index (χ4v) is 3.14. The summed E-state index contributed by atoms with van der Waals surface area (Å²) in [5, 5.41) is 5.45. The first-order valence-corrected chi connectivity index (χ1v) is 9.96. The zero-order valence-corrected chi connectivity index (χ0v) is 18.0. The number of anilines is 2. The van der Waals surface area contributed by atoms with Gasteiger partial charge in [-0.2, -0.15) is 0 Å². The Morgan fingerprint density at radius 2 is 1.91 bits per heavy atom. The van der Waals surface area contributed by atoms with Crippen LogP contribution in [0.2, 0.25) is 0 Å². The molecule has 164 valence electrons. The monoisotopic (exact) mass is 434 g/mol.